The van der Waals surface area contributed by atoms with Gasteiger partial charge in [-0.15, -0.1) is 10.2 Å². The quantitative estimate of drug-likeness (QED) is 0.417. The molecule has 0 saturated heterocycles. The molecule has 0 bridgehead atoms. The van der Waals surface area contributed by atoms with E-state index in [1.165, 1.54) is 16.9 Å². The number of H-pyrrole nitrogens is 1. The molecule has 2 aromatic carbocycles. The summed E-state index contributed by atoms with van der Waals surface area (Å²) in [4.78, 5) is 0. The molecule has 0 aliphatic rings. The number of halogens is 1. The van der Waals surface area contributed by atoms with E-state index in [0.717, 1.165) is 43.1 Å². The van der Waals surface area contributed by atoms with Crippen molar-refractivity contribution in [1.82, 2.24) is 20.4 Å². The molecule has 0 radical (unpaired) electrons. The third-order valence-corrected chi connectivity index (χ3v) is 5.81. The van der Waals surface area contributed by atoms with Crippen LogP contribution < -0.4 is 11.1 Å². The Morgan fingerprint density at radius 1 is 1.22 bits per heavy atom. The fourth-order valence-electron chi connectivity index (χ4n) is 2.95. The standard InChI is InChI=1S/C19H19BrN6S/c1-11-6-17-13(9-23-24-17)8-16(11)18-25-26-19(27-18)22-10-15(21)7-12-2-4-14(20)5-3-12/h2-6,8-9,15H,7,10,21H2,1H3,(H,22,26)(H,23,24)/t15-/m1/s1. The van der Waals surface area contributed by atoms with Gasteiger partial charge in [0.1, 0.15) is 5.01 Å². The molecule has 0 spiro atoms. The molecule has 2 heterocycles. The summed E-state index contributed by atoms with van der Waals surface area (Å²) in [6, 6.07) is 12.4. The maximum absolute atomic E-state index is 6.26. The molecule has 27 heavy (non-hydrogen) atoms. The number of hydrogen-bond donors (Lipinski definition) is 3. The van der Waals surface area contributed by atoms with Crippen molar-refractivity contribution < 1.29 is 0 Å². The molecule has 0 amide bonds. The molecule has 0 saturated carbocycles. The molecule has 2 aromatic heterocycles. The highest BCUT2D eigenvalue weighted by molar-refractivity contribution is 9.10. The topological polar surface area (TPSA) is 92.5 Å². The number of aromatic nitrogens is 4. The first-order valence-electron chi connectivity index (χ1n) is 8.60. The van der Waals surface area contributed by atoms with Gasteiger partial charge in [-0.25, -0.2) is 0 Å². The highest BCUT2D eigenvalue weighted by Gasteiger charge is 2.12. The van der Waals surface area contributed by atoms with E-state index in [-0.39, 0.29) is 6.04 Å². The first-order chi connectivity index (χ1) is 13.1. The second-order valence-electron chi connectivity index (χ2n) is 6.51. The minimum atomic E-state index is 0.00235. The third-order valence-electron chi connectivity index (χ3n) is 4.37. The number of aromatic amines is 1. The first-order valence-corrected chi connectivity index (χ1v) is 10.2. The Hall–Kier alpha value is -2.29. The number of nitrogens with zero attached hydrogens (tertiary/aromatic N) is 3. The number of hydrogen-bond acceptors (Lipinski definition) is 6. The summed E-state index contributed by atoms with van der Waals surface area (Å²) in [6.07, 6.45) is 2.63. The fraction of sp³-hybridized carbons (Fsp3) is 0.211. The van der Waals surface area contributed by atoms with Gasteiger partial charge in [0.05, 0.1) is 11.7 Å². The zero-order valence-corrected chi connectivity index (χ0v) is 17.1. The van der Waals surface area contributed by atoms with Crippen LogP contribution in [-0.4, -0.2) is 33.0 Å². The van der Waals surface area contributed by atoms with Gasteiger partial charge < -0.3 is 11.1 Å². The largest absolute Gasteiger partial charge is 0.359 e. The highest BCUT2D eigenvalue weighted by Crippen LogP contribution is 2.31. The number of aryl methyl sites for hydroxylation is 1. The molecular formula is C19H19BrN6S. The predicted octanol–water partition coefficient (Wildman–Crippen LogP) is 4.13. The Kier molecular flexibility index (Phi) is 5.20. The van der Waals surface area contributed by atoms with Crippen molar-refractivity contribution in [3.8, 4) is 10.6 Å². The van der Waals surface area contributed by atoms with Gasteiger partial charge in [0.25, 0.3) is 0 Å². The van der Waals surface area contributed by atoms with Gasteiger partial charge in [-0.3, -0.25) is 5.10 Å². The van der Waals surface area contributed by atoms with Crippen molar-refractivity contribution in [3.63, 3.8) is 0 Å². The Morgan fingerprint density at radius 2 is 2.04 bits per heavy atom. The molecule has 0 aliphatic heterocycles. The van der Waals surface area contributed by atoms with Gasteiger partial charge in [-0.1, -0.05) is 39.4 Å². The van der Waals surface area contributed by atoms with E-state index in [2.05, 4.69) is 72.8 Å². The molecule has 138 valence electrons. The minimum Gasteiger partial charge on any atom is -0.359 e. The number of fused-ring (bicyclic) bond motifs is 1. The summed E-state index contributed by atoms with van der Waals surface area (Å²) in [6.45, 7) is 2.71. The summed E-state index contributed by atoms with van der Waals surface area (Å²) in [7, 11) is 0. The van der Waals surface area contributed by atoms with E-state index in [4.69, 9.17) is 5.73 Å². The van der Waals surface area contributed by atoms with Gasteiger partial charge in [-0.05, 0) is 48.7 Å². The zero-order chi connectivity index (χ0) is 18.8. The van der Waals surface area contributed by atoms with Crippen molar-refractivity contribution in [2.24, 2.45) is 5.73 Å². The van der Waals surface area contributed by atoms with Crippen LogP contribution in [0.4, 0.5) is 5.13 Å². The highest BCUT2D eigenvalue weighted by atomic mass is 79.9. The molecule has 4 aromatic rings. The maximum atomic E-state index is 6.26. The second-order valence-corrected chi connectivity index (χ2v) is 8.40. The van der Waals surface area contributed by atoms with Gasteiger partial charge >= 0.3 is 0 Å². The molecule has 4 rings (SSSR count). The summed E-state index contributed by atoms with van der Waals surface area (Å²) < 4.78 is 1.07. The third kappa shape index (κ3) is 4.18. The van der Waals surface area contributed by atoms with E-state index < -0.39 is 0 Å². The van der Waals surface area contributed by atoms with Crippen LogP contribution in [0, 0.1) is 6.92 Å². The van der Waals surface area contributed by atoms with Gasteiger partial charge in [0.15, 0.2) is 0 Å². The lowest BCUT2D eigenvalue weighted by Gasteiger charge is -2.12. The molecule has 6 nitrogen and oxygen atoms in total. The van der Waals surface area contributed by atoms with Crippen LogP contribution in [0.2, 0.25) is 0 Å². The van der Waals surface area contributed by atoms with Crippen LogP contribution in [0.25, 0.3) is 21.5 Å². The normalized spacial score (nSPS) is 12.4. The predicted molar refractivity (Wildman–Crippen MR) is 114 cm³/mol. The number of nitrogens with two attached hydrogens (primary N) is 1. The van der Waals surface area contributed by atoms with Crippen LogP contribution in [-0.2, 0) is 6.42 Å². The van der Waals surface area contributed by atoms with Crippen LogP contribution >= 0.6 is 27.3 Å². The Balaban J connectivity index is 1.41. The maximum Gasteiger partial charge on any atom is 0.206 e. The van der Waals surface area contributed by atoms with E-state index in [1.807, 2.05) is 18.3 Å². The van der Waals surface area contributed by atoms with Crippen LogP contribution in [0.1, 0.15) is 11.1 Å². The van der Waals surface area contributed by atoms with E-state index in [1.54, 1.807) is 0 Å². The Labute approximate surface area is 169 Å². The van der Waals surface area contributed by atoms with E-state index in [0.29, 0.717) is 6.54 Å². The lowest BCUT2D eigenvalue weighted by atomic mass is 10.1. The minimum absolute atomic E-state index is 0.00235. The van der Waals surface area contributed by atoms with Crippen molar-refractivity contribution in [2.45, 2.75) is 19.4 Å². The second kappa shape index (κ2) is 7.75. The van der Waals surface area contributed by atoms with E-state index >= 15 is 0 Å². The average molecular weight is 443 g/mol. The number of nitrogens with one attached hydrogen (secondary N) is 2. The molecular weight excluding hydrogens is 424 g/mol. The first kappa shape index (κ1) is 18.1. The molecule has 4 N–H and O–H groups in total. The average Bonchev–Trinajstić information content (AvgIpc) is 3.30. The number of rotatable bonds is 6. The lowest BCUT2D eigenvalue weighted by molar-refractivity contribution is 0.698. The SMILES string of the molecule is Cc1cc2[nH]ncc2cc1-c1nnc(NC[C@H](N)Cc2ccc(Br)cc2)s1. The van der Waals surface area contributed by atoms with Crippen LogP contribution in [0.3, 0.4) is 0 Å². The van der Waals surface area contributed by atoms with Crippen molar-refractivity contribution in [1.29, 1.82) is 0 Å². The molecule has 0 aliphatic carbocycles. The van der Waals surface area contributed by atoms with Crippen molar-refractivity contribution in [2.75, 3.05) is 11.9 Å². The lowest BCUT2D eigenvalue weighted by Crippen LogP contribution is -2.31. The fourth-order valence-corrected chi connectivity index (χ4v) is 4.04. The summed E-state index contributed by atoms with van der Waals surface area (Å²) in [5, 5.41) is 21.7. The smallest absolute Gasteiger partial charge is 0.206 e. The van der Waals surface area contributed by atoms with Gasteiger partial charge in [0.2, 0.25) is 5.13 Å². The Bertz CT molecular complexity index is 1060. The monoisotopic (exact) mass is 442 g/mol. The molecule has 1 atom stereocenters. The molecule has 0 fully saturated rings. The van der Waals surface area contributed by atoms with Crippen molar-refractivity contribution in [3.05, 3.63) is 58.2 Å². The van der Waals surface area contributed by atoms with E-state index in [9.17, 15) is 0 Å². The summed E-state index contributed by atoms with van der Waals surface area (Å²) in [5.41, 5.74) is 10.7. The van der Waals surface area contributed by atoms with Crippen LogP contribution in [0.5, 0.6) is 0 Å². The van der Waals surface area contributed by atoms with Crippen molar-refractivity contribution >= 4 is 43.3 Å². The number of benzene rings is 2. The summed E-state index contributed by atoms with van der Waals surface area (Å²) >= 11 is 4.98. The van der Waals surface area contributed by atoms with Crippen LogP contribution in [0.15, 0.2) is 47.1 Å². The molecule has 8 heteroatoms. The number of anilines is 1. The Morgan fingerprint density at radius 3 is 2.85 bits per heavy atom. The molecule has 0 unspecified atom stereocenters. The zero-order valence-electron chi connectivity index (χ0n) is 14.7. The van der Waals surface area contributed by atoms with Gasteiger partial charge in [-0.2, -0.15) is 5.10 Å². The van der Waals surface area contributed by atoms with Gasteiger partial charge in [0, 0.05) is 28.0 Å². The summed E-state index contributed by atoms with van der Waals surface area (Å²) in [5.74, 6) is 0.